The van der Waals surface area contributed by atoms with E-state index in [0.717, 1.165) is 43.2 Å². The van der Waals surface area contributed by atoms with Gasteiger partial charge in [0.1, 0.15) is 0 Å². The number of hydrogen-bond acceptors (Lipinski definition) is 2. The second-order valence-electron chi connectivity index (χ2n) is 6.59. The predicted octanol–water partition coefficient (Wildman–Crippen LogP) is 4.47. The van der Waals surface area contributed by atoms with Gasteiger partial charge in [0, 0.05) is 29.3 Å². The van der Waals surface area contributed by atoms with Gasteiger partial charge in [-0.05, 0) is 67.6 Å². The fraction of sp³-hybridized carbons (Fsp3) is 0.350. The molecule has 1 aliphatic carbocycles. The van der Waals surface area contributed by atoms with Crippen molar-refractivity contribution in [2.24, 2.45) is 0 Å². The Kier molecular flexibility index (Phi) is 4.08. The molecule has 2 aliphatic rings. The fourth-order valence-electron chi connectivity index (χ4n) is 3.76. The van der Waals surface area contributed by atoms with Gasteiger partial charge in [0.05, 0.1) is 5.69 Å². The van der Waals surface area contributed by atoms with Crippen molar-refractivity contribution in [1.82, 2.24) is 9.88 Å². The molecular weight excluding hydrogens is 348 g/mol. The van der Waals surface area contributed by atoms with Crippen LogP contribution in [0.5, 0.6) is 0 Å². The molecule has 0 radical (unpaired) electrons. The number of fused-ring (bicyclic) bond motifs is 2. The quantitative estimate of drug-likeness (QED) is 0.681. The average Bonchev–Trinajstić information content (AvgIpc) is 2.72. The largest absolute Gasteiger partial charge is 0.306 e. The first-order chi connectivity index (χ1) is 11.2. The molecule has 0 atom stereocenters. The predicted molar refractivity (Wildman–Crippen MR) is 98.5 cm³/mol. The molecule has 0 N–H and O–H groups in total. The van der Waals surface area contributed by atoms with Gasteiger partial charge >= 0.3 is 0 Å². The molecular formula is C20H21BrN2. The lowest BCUT2D eigenvalue weighted by Crippen LogP contribution is -2.27. The maximum Gasteiger partial charge on any atom is 0.0739 e. The summed E-state index contributed by atoms with van der Waals surface area (Å²) in [6, 6.07) is 11.1. The van der Waals surface area contributed by atoms with Crippen LogP contribution >= 0.6 is 15.9 Å². The van der Waals surface area contributed by atoms with E-state index in [2.05, 4.69) is 58.2 Å². The number of aryl methyl sites for hydroxylation is 2. The zero-order chi connectivity index (χ0) is 15.8. The lowest BCUT2D eigenvalue weighted by molar-refractivity contribution is 0.313. The number of hydrogen-bond donors (Lipinski definition) is 0. The van der Waals surface area contributed by atoms with Gasteiger partial charge in [0.25, 0.3) is 0 Å². The highest BCUT2D eigenvalue weighted by Gasteiger charge is 2.24. The molecule has 23 heavy (non-hydrogen) atoms. The summed E-state index contributed by atoms with van der Waals surface area (Å²) in [6.45, 7) is 2.29. The third-order valence-corrected chi connectivity index (χ3v) is 5.57. The highest BCUT2D eigenvalue weighted by molar-refractivity contribution is 9.10. The van der Waals surface area contributed by atoms with Gasteiger partial charge in [0.2, 0.25) is 0 Å². The van der Waals surface area contributed by atoms with Crippen LogP contribution in [0.25, 0.3) is 5.57 Å². The molecule has 0 amide bonds. The summed E-state index contributed by atoms with van der Waals surface area (Å²) in [4.78, 5) is 7.22. The molecule has 118 valence electrons. The summed E-state index contributed by atoms with van der Waals surface area (Å²) in [5.74, 6) is 0. The first-order valence-corrected chi connectivity index (χ1v) is 9.15. The maximum absolute atomic E-state index is 4.80. The molecule has 0 saturated carbocycles. The SMILES string of the molecule is CN1CCC(=C2c3cc(Br)ccc3CCc3cccnc32)CC1. The van der Waals surface area contributed by atoms with Crippen LogP contribution in [0.1, 0.15) is 35.2 Å². The van der Waals surface area contributed by atoms with Crippen molar-refractivity contribution in [1.29, 1.82) is 0 Å². The van der Waals surface area contributed by atoms with Gasteiger partial charge in [-0.25, -0.2) is 0 Å². The van der Waals surface area contributed by atoms with E-state index in [0.29, 0.717) is 0 Å². The van der Waals surface area contributed by atoms with Gasteiger partial charge in [-0.1, -0.05) is 33.6 Å². The first-order valence-electron chi connectivity index (χ1n) is 8.36. The topological polar surface area (TPSA) is 16.1 Å². The summed E-state index contributed by atoms with van der Waals surface area (Å²) >= 11 is 3.67. The molecule has 0 bridgehead atoms. The average molecular weight is 369 g/mol. The zero-order valence-corrected chi connectivity index (χ0v) is 15.1. The third-order valence-electron chi connectivity index (χ3n) is 5.08. The Bertz CT molecular complexity index is 769. The second-order valence-corrected chi connectivity index (χ2v) is 7.51. The molecule has 1 fully saturated rings. The minimum atomic E-state index is 1.08. The minimum absolute atomic E-state index is 1.08. The Morgan fingerprint density at radius 1 is 1.00 bits per heavy atom. The molecule has 2 aromatic rings. The summed E-state index contributed by atoms with van der Waals surface area (Å²) in [5.41, 5.74) is 8.42. The van der Waals surface area contributed by atoms with Crippen LogP contribution in [0, 0.1) is 0 Å². The first kappa shape index (κ1) is 15.1. The number of piperidine rings is 1. The number of aromatic nitrogens is 1. The standard InChI is InChI=1S/C20H21BrN2/c1-23-11-8-15(9-12-23)19-18-13-17(21)7-6-14(18)4-5-16-3-2-10-22-20(16)19/h2-3,6-7,10,13H,4-5,8-9,11-12H2,1H3. The summed E-state index contributed by atoms with van der Waals surface area (Å²) < 4.78 is 1.15. The van der Waals surface area contributed by atoms with Crippen molar-refractivity contribution in [2.45, 2.75) is 25.7 Å². The number of rotatable bonds is 0. The number of nitrogens with zero attached hydrogens (tertiary/aromatic N) is 2. The number of halogens is 1. The van der Waals surface area contributed by atoms with Crippen molar-refractivity contribution in [3.8, 4) is 0 Å². The summed E-state index contributed by atoms with van der Waals surface area (Å²) in [5, 5.41) is 0. The minimum Gasteiger partial charge on any atom is -0.306 e. The molecule has 2 nitrogen and oxygen atoms in total. The van der Waals surface area contributed by atoms with Crippen LogP contribution in [-0.4, -0.2) is 30.0 Å². The van der Waals surface area contributed by atoms with E-state index in [1.807, 2.05) is 6.20 Å². The van der Waals surface area contributed by atoms with Gasteiger partial charge in [-0.3, -0.25) is 4.98 Å². The molecule has 2 heterocycles. The van der Waals surface area contributed by atoms with E-state index in [4.69, 9.17) is 4.98 Å². The highest BCUT2D eigenvalue weighted by atomic mass is 79.9. The smallest absolute Gasteiger partial charge is 0.0739 e. The Balaban J connectivity index is 1.95. The van der Waals surface area contributed by atoms with Crippen LogP contribution in [0.2, 0.25) is 0 Å². The molecule has 3 heteroatoms. The van der Waals surface area contributed by atoms with E-state index in [-0.39, 0.29) is 0 Å². The molecule has 1 saturated heterocycles. The monoisotopic (exact) mass is 368 g/mol. The van der Waals surface area contributed by atoms with Crippen molar-refractivity contribution in [2.75, 3.05) is 20.1 Å². The Morgan fingerprint density at radius 3 is 2.61 bits per heavy atom. The lowest BCUT2D eigenvalue weighted by atomic mass is 9.89. The van der Waals surface area contributed by atoms with Crippen molar-refractivity contribution >= 4 is 21.5 Å². The summed E-state index contributed by atoms with van der Waals surface area (Å²) in [7, 11) is 2.21. The molecule has 4 rings (SSSR count). The molecule has 0 unspecified atom stereocenters. The van der Waals surface area contributed by atoms with Crippen LogP contribution in [-0.2, 0) is 12.8 Å². The highest BCUT2D eigenvalue weighted by Crippen LogP contribution is 2.38. The normalized spacial score (nSPS) is 18.3. The Morgan fingerprint density at radius 2 is 1.78 bits per heavy atom. The number of pyridine rings is 1. The van der Waals surface area contributed by atoms with Crippen LogP contribution in [0.15, 0.2) is 46.6 Å². The van der Waals surface area contributed by atoms with Crippen LogP contribution in [0.3, 0.4) is 0 Å². The van der Waals surface area contributed by atoms with E-state index >= 15 is 0 Å². The van der Waals surface area contributed by atoms with Crippen molar-refractivity contribution < 1.29 is 0 Å². The second kappa shape index (κ2) is 6.21. The lowest BCUT2D eigenvalue weighted by Gasteiger charge is -2.27. The van der Waals surface area contributed by atoms with Crippen molar-refractivity contribution in [3.63, 3.8) is 0 Å². The summed E-state index contributed by atoms with van der Waals surface area (Å²) in [6.07, 6.45) is 6.41. The van der Waals surface area contributed by atoms with Crippen LogP contribution in [0.4, 0.5) is 0 Å². The van der Waals surface area contributed by atoms with E-state index in [1.54, 1.807) is 5.57 Å². The van der Waals surface area contributed by atoms with Gasteiger partial charge < -0.3 is 4.90 Å². The molecule has 1 aromatic heterocycles. The van der Waals surface area contributed by atoms with Crippen LogP contribution < -0.4 is 0 Å². The van der Waals surface area contributed by atoms with Crippen molar-refractivity contribution in [3.05, 3.63) is 69.0 Å². The van der Waals surface area contributed by atoms with Gasteiger partial charge in [-0.15, -0.1) is 0 Å². The Labute approximate surface area is 146 Å². The number of likely N-dealkylation sites (tertiary alicyclic amines) is 1. The van der Waals surface area contributed by atoms with Gasteiger partial charge in [-0.2, -0.15) is 0 Å². The fourth-order valence-corrected chi connectivity index (χ4v) is 4.12. The molecule has 0 spiro atoms. The zero-order valence-electron chi connectivity index (χ0n) is 13.5. The number of benzene rings is 1. The molecule has 1 aromatic carbocycles. The van der Waals surface area contributed by atoms with Gasteiger partial charge in [0.15, 0.2) is 0 Å². The maximum atomic E-state index is 4.80. The third kappa shape index (κ3) is 2.88. The Hall–Kier alpha value is -1.45. The van der Waals surface area contributed by atoms with E-state index in [9.17, 15) is 0 Å². The van der Waals surface area contributed by atoms with E-state index in [1.165, 1.54) is 28.0 Å². The molecule has 1 aliphatic heterocycles. The van der Waals surface area contributed by atoms with E-state index < -0.39 is 0 Å².